The monoisotopic (exact) mass is 196 g/mol. The first-order valence-corrected chi connectivity index (χ1v) is 5.23. The molecule has 0 bridgehead atoms. The van der Waals surface area contributed by atoms with Crippen molar-refractivity contribution in [2.24, 2.45) is 5.92 Å². The third-order valence-electron chi connectivity index (χ3n) is 2.29. The Kier molecular flexibility index (Phi) is 4.14. The first-order chi connectivity index (χ1) is 6.61. The highest BCUT2D eigenvalue weighted by Gasteiger charge is 2.07. The third kappa shape index (κ3) is 3.14. The van der Waals surface area contributed by atoms with E-state index in [1.165, 1.54) is 5.56 Å². The van der Waals surface area contributed by atoms with E-state index in [1.807, 2.05) is 13.8 Å². The third-order valence-corrected chi connectivity index (χ3v) is 2.29. The van der Waals surface area contributed by atoms with Crippen molar-refractivity contribution in [2.75, 3.05) is 13.1 Å². The first kappa shape index (κ1) is 11.2. The lowest BCUT2D eigenvalue weighted by Gasteiger charge is -2.06. The molecular formula is C11H20N2O. The van der Waals surface area contributed by atoms with E-state index >= 15 is 0 Å². The van der Waals surface area contributed by atoms with Crippen molar-refractivity contribution in [3.05, 3.63) is 17.0 Å². The van der Waals surface area contributed by atoms with Crippen LogP contribution >= 0.6 is 0 Å². The zero-order valence-electron chi connectivity index (χ0n) is 9.55. The Morgan fingerprint density at radius 1 is 1.36 bits per heavy atom. The average Bonchev–Trinajstić information content (AvgIpc) is 2.42. The Morgan fingerprint density at radius 3 is 2.57 bits per heavy atom. The van der Waals surface area contributed by atoms with Gasteiger partial charge in [-0.2, -0.15) is 0 Å². The lowest BCUT2D eigenvalue weighted by molar-refractivity contribution is 0.392. The standard InChI is InChI=1S/C11H20N2O/c1-8(2)7-12-6-5-11-9(3)13-14-10(11)4/h8,12H,5-7H2,1-4H3. The maximum Gasteiger partial charge on any atom is 0.137 e. The molecule has 0 amide bonds. The molecule has 0 atom stereocenters. The zero-order chi connectivity index (χ0) is 10.6. The van der Waals surface area contributed by atoms with Crippen molar-refractivity contribution in [3.63, 3.8) is 0 Å². The molecule has 0 saturated carbocycles. The highest BCUT2D eigenvalue weighted by atomic mass is 16.5. The summed E-state index contributed by atoms with van der Waals surface area (Å²) in [7, 11) is 0. The molecule has 0 aliphatic heterocycles. The molecule has 0 saturated heterocycles. The number of rotatable bonds is 5. The molecule has 1 aromatic rings. The van der Waals surface area contributed by atoms with Gasteiger partial charge in [0, 0.05) is 5.56 Å². The van der Waals surface area contributed by atoms with Gasteiger partial charge >= 0.3 is 0 Å². The predicted molar refractivity (Wildman–Crippen MR) is 57.4 cm³/mol. The molecule has 3 heteroatoms. The van der Waals surface area contributed by atoms with Gasteiger partial charge in [-0.25, -0.2) is 0 Å². The first-order valence-electron chi connectivity index (χ1n) is 5.23. The largest absolute Gasteiger partial charge is 0.361 e. The smallest absolute Gasteiger partial charge is 0.137 e. The Balaban J connectivity index is 2.31. The summed E-state index contributed by atoms with van der Waals surface area (Å²) >= 11 is 0. The average molecular weight is 196 g/mol. The lowest BCUT2D eigenvalue weighted by atomic mass is 10.1. The van der Waals surface area contributed by atoms with Gasteiger partial charge in [-0.3, -0.25) is 0 Å². The SMILES string of the molecule is Cc1noc(C)c1CCNCC(C)C. The van der Waals surface area contributed by atoms with Gasteiger partial charge in [0.15, 0.2) is 0 Å². The quantitative estimate of drug-likeness (QED) is 0.733. The summed E-state index contributed by atoms with van der Waals surface area (Å²) in [6.45, 7) is 10.5. The Hall–Kier alpha value is -0.830. The van der Waals surface area contributed by atoms with Crippen LogP contribution in [0.25, 0.3) is 0 Å². The number of hydrogen-bond donors (Lipinski definition) is 1. The number of aryl methyl sites for hydroxylation is 2. The maximum absolute atomic E-state index is 5.10. The molecule has 0 aliphatic rings. The second kappa shape index (κ2) is 5.15. The number of nitrogens with zero attached hydrogens (tertiary/aromatic N) is 1. The minimum atomic E-state index is 0.708. The summed E-state index contributed by atoms with van der Waals surface area (Å²) in [5, 5.41) is 7.34. The summed E-state index contributed by atoms with van der Waals surface area (Å²) in [5.74, 6) is 1.66. The van der Waals surface area contributed by atoms with Gasteiger partial charge in [-0.15, -0.1) is 0 Å². The molecule has 0 unspecified atom stereocenters. The summed E-state index contributed by atoms with van der Waals surface area (Å²) in [6, 6.07) is 0. The van der Waals surface area contributed by atoms with E-state index in [4.69, 9.17) is 4.52 Å². The lowest BCUT2D eigenvalue weighted by Crippen LogP contribution is -2.22. The van der Waals surface area contributed by atoms with E-state index in [2.05, 4.69) is 24.3 Å². The van der Waals surface area contributed by atoms with Gasteiger partial charge in [0.25, 0.3) is 0 Å². The van der Waals surface area contributed by atoms with Gasteiger partial charge in [0.2, 0.25) is 0 Å². The molecule has 3 nitrogen and oxygen atoms in total. The normalized spacial score (nSPS) is 11.2. The van der Waals surface area contributed by atoms with Crippen LogP contribution in [0.15, 0.2) is 4.52 Å². The van der Waals surface area contributed by atoms with Crippen molar-refractivity contribution in [1.29, 1.82) is 0 Å². The van der Waals surface area contributed by atoms with E-state index in [9.17, 15) is 0 Å². The van der Waals surface area contributed by atoms with E-state index in [0.717, 1.165) is 31.0 Å². The number of aromatic nitrogens is 1. The van der Waals surface area contributed by atoms with Crippen LogP contribution in [-0.2, 0) is 6.42 Å². The van der Waals surface area contributed by atoms with Gasteiger partial charge in [0.05, 0.1) is 5.69 Å². The molecule has 0 aliphatic carbocycles. The van der Waals surface area contributed by atoms with Gasteiger partial charge in [0.1, 0.15) is 5.76 Å². The highest BCUT2D eigenvalue weighted by molar-refractivity contribution is 5.20. The molecule has 1 N–H and O–H groups in total. The maximum atomic E-state index is 5.10. The molecule has 14 heavy (non-hydrogen) atoms. The highest BCUT2D eigenvalue weighted by Crippen LogP contribution is 2.11. The fourth-order valence-electron chi connectivity index (χ4n) is 1.46. The van der Waals surface area contributed by atoms with Crippen LogP contribution in [0, 0.1) is 19.8 Å². The van der Waals surface area contributed by atoms with Crippen LogP contribution in [0.5, 0.6) is 0 Å². The van der Waals surface area contributed by atoms with Crippen molar-refractivity contribution in [1.82, 2.24) is 10.5 Å². The summed E-state index contributed by atoms with van der Waals surface area (Å²) in [6.07, 6.45) is 1.01. The molecular weight excluding hydrogens is 176 g/mol. The van der Waals surface area contributed by atoms with Crippen molar-refractivity contribution >= 4 is 0 Å². The van der Waals surface area contributed by atoms with Crippen molar-refractivity contribution in [3.8, 4) is 0 Å². The van der Waals surface area contributed by atoms with Gasteiger partial charge < -0.3 is 9.84 Å². The minimum Gasteiger partial charge on any atom is -0.361 e. The summed E-state index contributed by atoms with van der Waals surface area (Å²) in [4.78, 5) is 0. The second-order valence-corrected chi connectivity index (χ2v) is 4.15. The Bertz CT molecular complexity index is 259. The molecule has 80 valence electrons. The van der Waals surface area contributed by atoms with Gasteiger partial charge in [-0.05, 0) is 39.3 Å². The molecule has 0 spiro atoms. The molecule has 1 heterocycles. The van der Waals surface area contributed by atoms with Crippen LogP contribution in [-0.4, -0.2) is 18.2 Å². The summed E-state index contributed by atoms with van der Waals surface area (Å²) < 4.78 is 5.10. The Morgan fingerprint density at radius 2 is 2.07 bits per heavy atom. The Labute approximate surface area is 85.9 Å². The summed E-state index contributed by atoms with van der Waals surface area (Å²) in [5.41, 5.74) is 2.27. The van der Waals surface area contributed by atoms with Crippen LogP contribution in [0.2, 0.25) is 0 Å². The van der Waals surface area contributed by atoms with Crippen molar-refractivity contribution in [2.45, 2.75) is 34.1 Å². The van der Waals surface area contributed by atoms with E-state index in [0.29, 0.717) is 5.92 Å². The number of nitrogens with one attached hydrogen (secondary N) is 1. The van der Waals surface area contributed by atoms with E-state index in [1.54, 1.807) is 0 Å². The van der Waals surface area contributed by atoms with Crippen LogP contribution in [0.1, 0.15) is 30.9 Å². The van der Waals surface area contributed by atoms with Crippen LogP contribution < -0.4 is 5.32 Å². The fraction of sp³-hybridized carbons (Fsp3) is 0.727. The topological polar surface area (TPSA) is 38.1 Å². The van der Waals surface area contributed by atoms with E-state index < -0.39 is 0 Å². The molecule has 0 radical (unpaired) electrons. The fourth-order valence-corrected chi connectivity index (χ4v) is 1.46. The second-order valence-electron chi connectivity index (χ2n) is 4.15. The van der Waals surface area contributed by atoms with Crippen molar-refractivity contribution < 1.29 is 4.52 Å². The van der Waals surface area contributed by atoms with E-state index in [-0.39, 0.29) is 0 Å². The molecule has 1 rings (SSSR count). The van der Waals surface area contributed by atoms with Crippen LogP contribution in [0.4, 0.5) is 0 Å². The van der Waals surface area contributed by atoms with Gasteiger partial charge in [-0.1, -0.05) is 19.0 Å². The minimum absolute atomic E-state index is 0.708. The predicted octanol–water partition coefficient (Wildman–Crippen LogP) is 2.08. The number of hydrogen-bond acceptors (Lipinski definition) is 3. The van der Waals surface area contributed by atoms with Crippen LogP contribution in [0.3, 0.4) is 0 Å². The molecule has 0 fully saturated rings. The molecule has 1 aromatic heterocycles. The zero-order valence-corrected chi connectivity index (χ0v) is 9.55. The molecule has 0 aromatic carbocycles.